The Morgan fingerprint density at radius 1 is 1.15 bits per heavy atom. The SMILES string of the molecule is COc1ccc(C)c(NC(=O)[C@@H]2CC(=O)Nc3nc(Nc4cc(Cl)cc(Cl)c4)[nH]c(=O)c32)c1. The second-order valence-electron chi connectivity index (χ2n) is 7.43. The summed E-state index contributed by atoms with van der Waals surface area (Å²) in [5, 5.41) is 9.03. The number of hydrogen-bond acceptors (Lipinski definition) is 6. The summed E-state index contributed by atoms with van der Waals surface area (Å²) in [6, 6.07) is 9.98. The van der Waals surface area contributed by atoms with Crippen LogP contribution in [0.2, 0.25) is 10.0 Å². The van der Waals surface area contributed by atoms with Gasteiger partial charge in [-0.15, -0.1) is 0 Å². The molecule has 0 aliphatic carbocycles. The molecule has 33 heavy (non-hydrogen) atoms. The number of carbonyl (C=O) groups is 2. The number of hydrogen-bond donors (Lipinski definition) is 4. The summed E-state index contributed by atoms with van der Waals surface area (Å²) in [5.74, 6) is -1.33. The van der Waals surface area contributed by atoms with Crippen LogP contribution < -0.4 is 26.2 Å². The molecule has 0 bridgehead atoms. The topological polar surface area (TPSA) is 125 Å². The highest BCUT2D eigenvalue weighted by Gasteiger charge is 2.35. The van der Waals surface area contributed by atoms with Crippen molar-refractivity contribution in [2.24, 2.45) is 0 Å². The number of benzene rings is 2. The number of amides is 2. The fraction of sp³-hybridized carbons (Fsp3) is 0.182. The van der Waals surface area contributed by atoms with E-state index < -0.39 is 23.3 Å². The van der Waals surface area contributed by atoms with Gasteiger partial charge in [0.15, 0.2) is 0 Å². The molecule has 0 unspecified atom stereocenters. The first-order valence-corrected chi connectivity index (χ1v) is 10.6. The van der Waals surface area contributed by atoms with Crippen LogP contribution in [0.3, 0.4) is 0 Å². The van der Waals surface area contributed by atoms with E-state index in [1.807, 2.05) is 6.92 Å². The highest BCUT2D eigenvalue weighted by atomic mass is 35.5. The molecular formula is C22H19Cl2N5O4. The molecule has 11 heteroatoms. The van der Waals surface area contributed by atoms with Crippen LogP contribution in [0.4, 0.5) is 23.1 Å². The number of aromatic amines is 1. The highest BCUT2D eigenvalue weighted by Crippen LogP contribution is 2.32. The van der Waals surface area contributed by atoms with Crippen molar-refractivity contribution in [1.82, 2.24) is 9.97 Å². The van der Waals surface area contributed by atoms with Gasteiger partial charge in [0.25, 0.3) is 5.56 Å². The smallest absolute Gasteiger partial charge is 0.258 e. The third-order valence-corrected chi connectivity index (χ3v) is 5.53. The van der Waals surface area contributed by atoms with Gasteiger partial charge < -0.3 is 20.7 Å². The first-order chi connectivity index (χ1) is 15.7. The van der Waals surface area contributed by atoms with Crippen LogP contribution in [0.1, 0.15) is 23.5 Å². The van der Waals surface area contributed by atoms with E-state index in [-0.39, 0.29) is 23.8 Å². The van der Waals surface area contributed by atoms with E-state index in [1.165, 1.54) is 7.11 Å². The predicted molar refractivity (Wildman–Crippen MR) is 127 cm³/mol. The number of nitrogens with one attached hydrogen (secondary N) is 4. The molecule has 3 aromatic rings. The third-order valence-electron chi connectivity index (χ3n) is 5.10. The summed E-state index contributed by atoms with van der Waals surface area (Å²) < 4.78 is 5.20. The molecule has 1 aliphatic heterocycles. The van der Waals surface area contributed by atoms with E-state index in [9.17, 15) is 14.4 Å². The van der Waals surface area contributed by atoms with Gasteiger partial charge in [0, 0.05) is 33.9 Å². The zero-order chi connectivity index (χ0) is 23.7. The summed E-state index contributed by atoms with van der Waals surface area (Å²) in [6.07, 6.45) is -0.191. The Morgan fingerprint density at radius 3 is 2.58 bits per heavy atom. The van der Waals surface area contributed by atoms with Crippen LogP contribution in [-0.4, -0.2) is 28.9 Å². The Labute approximate surface area is 198 Å². The normalized spacial score (nSPS) is 14.8. The zero-order valence-electron chi connectivity index (χ0n) is 17.6. The first kappa shape index (κ1) is 22.6. The van der Waals surface area contributed by atoms with Crippen molar-refractivity contribution in [3.05, 3.63) is 67.9 Å². The number of nitrogens with zero attached hydrogens (tertiary/aromatic N) is 1. The maximum absolute atomic E-state index is 13.1. The van der Waals surface area contributed by atoms with Gasteiger partial charge in [-0.1, -0.05) is 29.3 Å². The van der Waals surface area contributed by atoms with Crippen molar-refractivity contribution >= 4 is 58.2 Å². The average Bonchev–Trinajstić information content (AvgIpc) is 2.73. The standard InChI is InChI=1S/C22H19Cl2N5O4/c1-10-3-4-14(33-2)8-16(10)26-20(31)15-9-17(30)27-19-18(15)21(32)29-22(28-19)25-13-6-11(23)5-12(24)7-13/h3-8,15H,9H2,1-2H3,(H,26,31)(H3,25,27,28,29,30,32)/t15-/m1/s1. The minimum Gasteiger partial charge on any atom is -0.497 e. The number of carbonyl (C=O) groups excluding carboxylic acids is 2. The molecule has 1 atom stereocenters. The largest absolute Gasteiger partial charge is 0.497 e. The lowest BCUT2D eigenvalue weighted by Crippen LogP contribution is -2.36. The van der Waals surface area contributed by atoms with Gasteiger partial charge in [0.2, 0.25) is 17.8 Å². The quantitative estimate of drug-likeness (QED) is 0.427. The molecule has 9 nitrogen and oxygen atoms in total. The molecule has 0 radical (unpaired) electrons. The van der Waals surface area contributed by atoms with Gasteiger partial charge in [0.05, 0.1) is 18.6 Å². The Morgan fingerprint density at radius 2 is 1.88 bits per heavy atom. The van der Waals surface area contributed by atoms with Crippen LogP contribution in [0.25, 0.3) is 0 Å². The fourth-order valence-corrected chi connectivity index (χ4v) is 4.03. The lowest BCUT2D eigenvalue weighted by atomic mass is 9.92. The summed E-state index contributed by atoms with van der Waals surface area (Å²) in [6.45, 7) is 1.82. The Hall–Kier alpha value is -3.56. The van der Waals surface area contributed by atoms with Gasteiger partial charge in [-0.25, -0.2) is 0 Å². The fourth-order valence-electron chi connectivity index (χ4n) is 3.50. The van der Waals surface area contributed by atoms with Crippen LogP contribution in [0.5, 0.6) is 5.75 Å². The molecule has 2 aromatic carbocycles. The molecule has 2 amide bonds. The Bertz CT molecular complexity index is 1300. The highest BCUT2D eigenvalue weighted by molar-refractivity contribution is 6.35. The van der Waals surface area contributed by atoms with Gasteiger partial charge >= 0.3 is 0 Å². The number of rotatable bonds is 5. The minimum atomic E-state index is -1.02. The number of H-pyrrole nitrogens is 1. The van der Waals surface area contributed by atoms with Gasteiger partial charge in [0.1, 0.15) is 11.6 Å². The number of aryl methyl sites for hydroxylation is 1. The summed E-state index contributed by atoms with van der Waals surface area (Å²) in [4.78, 5) is 45.2. The molecule has 170 valence electrons. The first-order valence-electron chi connectivity index (χ1n) is 9.86. The number of methoxy groups -OCH3 is 1. The number of aromatic nitrogens is 2. The van der Waals surface area contributed by atoms with Gasteiger partial charge in [-0.3, -0.25) is 19.4 Å². The van der Waals surface area contributed by atoms with Gasteiger partial charge in [-0.2, -0.15) is 4.98 Å². The zero-order valence-corrected chi connectivity index (χ0v) is 19.1. The van der Waals surface area contributed by atoms with Crippen molar-refractivity contribution < 1.29 is 14.3 Å². The van der Waals surface area contributed by atoms with Gasteiger partial charge in [-0.05, 0) is 36.8 Å². The van der Waals surface area contributed by atoms with Crippen molar-refractivity contribution in [2.75, 3.05) is 23.1 Å². The number of ether oxygens (including phenoxy) is 1. The molecule has 0 spiro atoms. The lowest BCUT2D eigenvalue weighted by Gasteiger charge is -2.24. The predicted octanol–water partition coefficient (Wildman–Crippen LogP) is 4.20. The molecular weight excluding hydrogens is 469 g/mol. The van der Waals surface area contributed by atoms with E-state index >= 15 is 0 Å². The number of halogens is 2. The van der Waals surface area contributed by atoms with E-state index in [0.29, 0.717) is 27.2 Å². The summed E-state index contributed by atoms with van der Waals surface area (Å²) in [7, 11) is 1.52. The molecule has 4 N–H and O–H groups in total. The van der Waals surface area contributed by atoms with E-state index in [2.05, 4.69) is 25.9 Å². The van der Waals surface area contributed by atoms with Crippen molar-refractivity contribution in [3.63, 3.8) is 0 Å². The molecule has 0 saturated carbocycles. The van der Waals surface area contributed by atoms with Crippen molar-refractivity contribution in [3.8, 4) is 5.75 Å². The second-order valence-corrected chi connectivity index (χ2v) is 8.31. The lowest BCUT2D eigenvalue weighted by molar-refractivity contribution is -0.123. The molecule has 4 rings (SSSR count). The summed E-state index contributed by atoms with van der Waals surface area (Å²) >= 11 is 12.0. The van der Waals surface area contributed by atoms with E-state index in [4.69, 9.17) is 27.9 Å². The van der Waals surface area contributed by atoms with Crippen LogP contribution in [0, 0.1) is 6.92 Å². The molecule has 2 heterocycles. The second kappa shape index (κ2) is 9.13. The Balaban J connectivity index is 1.65. The van der Waals surface area contributed by atoms with Crippen LogP contribution in [-0.2, 0) is 9.59 Å². The van der Waals surface area contributed by atoms with Crippen molar-refractivity contribution in [1.29, 1.82) is 0 Å². The maximum atomic E-state index is 13.1. The summed E-state index contributed by atoms with van der Waals surface area (Å²) in [5.41, 5.74) is 1.32. The van der Waals surface area contributed by atoms with E-state index in [0.717, 1.165) is 5.56 Å². The molecule has 1 aliphatic rings. The number of anilines is 4. The van der Waals surface area contributed by atoms with Crippen molar-refractivity contribution in [2.45, 2.75) is 19.3 Å². The average molecular weight is 488 g/mol. The monoisotopic (exact) mass is 487 g/mol. The third kappa shape index (κ3) is 4.94. The molecule has 0 fully saturated rings. The van der Waals surface area contributed by atoms with Crippen LogP contribution in [0.15, 0.2) is 41.2 Å². The minimum absolute atomic E-state index is 0.00754. The molecule has 1 aromatic heterocycles. The maximum Gasteiger partial charge on any atom is 0.258 e. The van der Waals surface area contributed by atoms with E-state index in [1.54, 1.807) is 36.4 Å². The van der Waals surface area contributed by atoms with Crippen LogP contribution >= 0.6 is 23.2 Å². The number of fused-ring (bicyclic) bond motifs is 1. The molecule has 0 saturated heterocycles. The Kier molecular flexibility index (Phi) is 6.26.